The molecule has 0 fully saturated rings. The van der Waals surface area contributed by atoms with Crippen LogP contribution in [0.5, 0.6) is 0 Å². The minimum absolute atomic E-state index is 0.0793. The lowest BCUT2D eigenvalue weighted by atomic mass is 10.0. The zero-order chi connectivity index (χ0) is 17.5. The van der Waals surface area contributed by atoms with Crippen molar-refractivity contribution in [3.05, 3.63) is 71.5 Å². The maximum Gasteiger partial charge on any atom is 0.251 e. The fourth-order valence-electron chi connectivity index (χ4n) is 2.28. The third-order valence-electron chi connectivity index (χ3n) is 3.68. The summed E-state index contributed by atoms with van der Waals surface area (Å²) in [5.74, 6) is -1.11. The molecule has 0 spiro atoms. The maximum atomic E-state index is 13.6. The van der Waals surface area contributed by atoms with Crippen molar-refractivity contribution in [3.8, 4) is 0 Å². The van der Waals surface area contributed by atoms with Crippen LogP contribution >= 0.6 is 0 Å². The third-order valence-corrected chi connectivity index (χ3v) is 3.68. The van der Waals surface area contributed by atoms with Gasteiger partial charge in [-0.1, -0.05) is 50.2 Å². The molecule has 2 aromatic rings. The number of benzene rings is 2. The molecule has 2 N–H and O–H groups in total. The van der Waals surface area contributed by atoms with Crippen molar-refractivity contribution in [1.82, 2.24) is 10.6 Å². The van der Waals surface area contributed by atoms with Crippen LogP contribution in [-0.4, -0.2) is 17.9 Å². The molecule has 0 aliphatic heterocycles. The van der Waals surface area contributed by atoms with E-state index in [1.165, 1.54) is 6.07 Å². The van der Waals surface area contributed by atoms with Crippen LogP contribution in [0.25, 0.3) is 0 Å². The van der Waals surface area contributed by atoms with Gasteiger partial charge in [0.2, 0.25) is 5.91 Å². The molecule has 0 heterocycles. The number of nitrogens with one attached hydrogen (secondary N) is 2. The number of halogens is 1. The lowest BCUT2D eigenvalue weighted by Crippen LogP contribution is -2.49. The van der Waals surface area contributed by atoms with Crippen LogP contribution in [0.3, 0.4) is 0 Å². The average molecular weight is 328 g/mol. The van der Waals surface area contributed by atoms with E-state index < -0.39 is 6.04 Å². The Morgan fingerprint density at radius 1 is 1.00 bits per heavy atom. The monoisotopic (exact) mass is 328 g/mol. The summed E-state index contributed by atoms with van der Waals surface area (Å²) in [5, 5.41) is 5.42. The number of hydrogen-bond donors (Lipinski definition) is 2. The SMILES string of the molecule is CC(C)C(NC(=O)c1ccccc1)C(=O)NCc1ccccc1F. The molecule has 1 atom stereocenters. The average Bonchev–Trinajstić information content (AvgIpc) is 2.59. The number of carbonyl (C=O) groups excluding carboxylic acids is 2. The molecule has 24 heavy (non-hydrogen) atoms. The van der Waals surface area contributed by atoms with Crippen LogP contribution in [0, 0.1) is 11.7 Å². The Kier molecular flexibility index (Phi) is 6.07. The quantitative estimate of drug-likeness (QED) is 0.856. The van der Waals surface area contributed by atoms with Crippen LogP contribution in [0.4, 0.5) is 4.39 Å². The minimum Gasteiger partial charge on any atom is -0.350 e. The second-order valence-electron chi connectivity index (χ2n) is 5.87. The third kappa shape index (κ3) is 4.65. The molecule has 2 rings (SSSR count). The molecule has 0 aliphatic carbocycles. The molecule has 2 amide bonds. The fourth-order valence-corrected chi connectivity index (χ4v) is 2.28. The lowest BCUT2D eigenvalue weighted by molar-refractivity contribution is -0.124. The second kappa shape index (κ2) is 8.24. The van der Waals surface area contributed by atoms with Crippen LogP contribution in [-0.2, 0) is 11.3 Å². The predicted molar refractivity (Wildman–Crippen MR) is 90.8 cm³/mol. The standard InChI is InChI=1S/C19H21FN2O2/c1-13(2)17(22-18(23)14-8-4-3-5-9-14)19(24)21-12-15-10-6-7-11-16(15)20/h3-11,13,17H,12H2,1-2H3,(H,21,24)(H,22,23). The molecule has 0 aliphatic rings. The van der Waals surface area contributed by atoms with Crippen LogP contribution < -0.4 is 10.6 Å². The highest BCUT2D eigenvalue weighted by Crippen LogP contribution is 2.08. The first kappa shape index (κ1) is 17.7. The summed E-state index contributed by atoms with van der Waals surface area (Å²) in [6.07, 6.45) is 0. The highest BCUT2D eigenvalue weighted by atomic mass is 19.1. The Morgan fingerprint density at radius 3 is 2.25 bits per heavy atom. The van der Waals surface area contributed by atoms with Crippen LogP contribution in [0.15, 0.2) is 54.6 Å². The van der Waals surface area contributed by atoms with Crippen molar-refractivity contribution in [1.29, 1.82) is 0 Å². The van der Waals surface area contributed by atoms with E-state index in [4.69, 9.17) is 0 Å². The molecule has 2 aromatic carbocycles. The lowest BCUT2D eigenvalue weighted by Gasteiger charge is -2.22. The topological polar surface area (TPSA) is 58.2 Å². The highest BCUT2D eigenvalue weighted by Gasteiger charge is 2.24. The molecule has 0 saturated carbocycles. The summed E-state index contributed by atoms with van der Waals surface area (Å²) < 4.78 is 13.6. The Bertz CT molecular complexity index is 702. The highest BCUT2D eigenvalue weighted by molar-refractivity contribution is 5.97. The van der Waals surface area contributed by atoms with Crippen molar-refractivity contribution in [2.75, 3.05) is 0 Å². The van der Waals surface area contributed by atoms with Crippen LogP contribution in [0.2, 0.25) is 0 Å². The first-order valence-electron chi connectivity index (χ1n) is 7.86. The zero-order valence-electron chi connectivity index (χ0n) is 13.8. The molecule has 0 saturated heterocycles. The van der Waals surface area contributed by atoms with E-state index in [1.807, 2.05) is 19.9 Å². The van der Waals surface area contributed by atoms with Gasteiger partial charge in [-0.15, -0.1) is 0 Å². The van der Waals surface area contributed by atoms with E-state index in [0.29, 0.717) is 11.1 Å². The van der Waals surface area contributed by atoms with Crippen molar-refractivity contribution in [2.45, 2.75) is 26.4 Å². The van der Waals surface area contributed by atoms with Gasteiger partial charge in [-0.3, -0.25) is 9.59 Å². The van der Waals surface area contributed by atoms with Gasteiger partial charge in [0.05, 0.1) is 0 Å². The Morgan fingerprint density at radius 2 is 1.62 bits per heavy atom. The predicted octanol–water partition coefficient (Wildman–Crippen LogP) is 2.90. The molecule has 4 nitrogen and oxygen atoms in total. The largest absolute Gasteiger partial charge is 0.350 e. The van der Waals surface area contributed by atoms with E-state index >= 15 is 0 Å². The maximum absolute atomic E-state index is 13.6. The summed E-state index contributed by atoms with van der Waals surface area (Å²) in [5.41, 5.74) is 0.896. The summed E-state index contributed by atoms with van der Waals surface area (Å²) in [6.45, 7) is 3.77. The molecule has 126 valence electrons. The van der Waals surface area contributed by atoms with Gasteiger partial charge in [0.25, 0.3) is 5.91 Å². The van der Waals surface area contributed by atoms with Gasteiger partial charge in [0, 0.05) is 17.7 Å². The Hall–Kier alpha value is -2.69. The van der Waals surface area contributed by atoms with Crippen molar-refractivity contribution in [3.63, 3.8) is 0 Å². The van der Waals surface area contributed by atoms with E-state index in [1.54, 1.807) is 42.5 Å². The molecule has 1 unspecified atom stereocenters. The molecule has 0 bridgehead atoms. The summed E-state index contributed by atoms with van der Waals surface area (Å²) >= 11 is 0. The number of hydrogen-bond acceptors (Lipinski definition) is 2. The van der Waals surface area contributed by atoms with Gasteiger partial charge in [0.15, 0.2) is 0 Å². The minimum atomic E-state index is -0.690. The van der Waals surface area contributed by atoms with E-state index in [9.17, 15) is 14.0 Å². The van der Waals surface area contributed by atoms with Gasteiger partial charge in [-0.2, -0.15) is 0 Å². The van der Waals surface area contributed by atoms with E-state index in [2.05, 4.69) is 10.6 Å². The zero-order valence-corrected chi connectivity index (χ0v) is 13.8. The molecule has 0 radical (unpaired) electrons. The molecule has 0 aromatic heterocycles. The van der Waals surface area contributed by atoms with Crippen molar-refractivity contribution >= 4 is 11.8 Å². The summed E-state index contributed by atoms with van der Waals surface area (Å²) in [7, 11) is 0. The Labute approximate surface area is 141 Å². The molecular weight excluding hydrogens is 307 g/mol. The number of rotatable bonds is 6. The van der Waals surface area contributed by atoms with Crippen molar-refractivity contribution < 1.29 is 14.0 Å². The summed E-state index contributed by atoms with van der Waals surface area (Å²) in [4.78, 5) is 24.6. The Balaban J connectivity index is 2.00. The first-order chi connectivity index (χ1) is 11.5. The van der Waals surface area contributed by atoms with Crippen molar-refractivity contribution in [2.24, 2.45) is 5.92 Å². The smallest absolute Gasteiger partial charge is 0.251 e. The van der Waals surface area contributed by atoms with Gasteiger partial charge in [0.1, 0.15) is 11.9 Å². The van der Waals surface area contributed by atoms with Crippen LogP contribution in [0.1, 0.15) is 29.8 Å². The number of amides is 2. The fraction of sp³-hybridized carbons (Fsp3) is 0.263. The van der Waals surface area contributed by atoms with E-state index in [0.717, 1.165) is 0 Å². The molecular formula is C19H21FN2O2. The van der Waals surface area contributed by atoms with Gasteiger partial charge in [-0.05, 0) is 24.1 Å². The first-order valence-corrected chi connectivity index (χ1v) is 7.86. The van der Waals surface area contributed by atoms with E-state index in [-0.39, 0.29) is 30.1 Å². The number of carbonyl (C=O) groups is 2. The van der Waals surface area contributed by atoms with Gasteiger partial charge < -0.3 is 10.6 Å². The van der Waals surface area contributed by atoms with Gasteiger partial charge in [-0.25, -0.2) is 4.39 Å². The second-order valence-corrected chi connectivity index (χ2v) is 5.87. The molecule has 5 heteroatoms. The van der Waals surface area contributed by atoms with Gasteiger partial charge >= 0.3 is 0 Å². The normalized spacial score (nSPS) is 11.8. The summed E-state index contributed by atoms with van der Waals surface area (Å²) in [6, 6.07) is 14.3.